The maximum atomic E-state index is 10.2. The first-order valence-corrected chi connectivity index (χ1v) is 6.80. The highest BCUT2D eigenvalue weighted by atomic mass is 16.3. The molecular weight excluding hydrogens is 234 g/mol. The van der Waals surface area contributed by atoms with Gasteiger partial charge in [-0.2, -0.15) is 0 Å². The van der Waals surface area contributed by atoms with Gasteiger partial charge in [-0.05, 0) is 61.9 Å². The maximum Gasteiger partial charge on any atom is 0.0584 e. The molecule has 0 aliphatic heterocycles. The van der Waals surface area contributed by atoms with E-state index in [2.05, 4.69) is 37.0 Å². The molecule has 2 nitrogen and oxygen atoms in total. The lowest BCUT2D eigenvalue weighted by Gasteiger charge is -2.14. The van der Waals surface area contributed by atoms with Crippen molar-refractivity contribution in [3.63, 3.8) is 0 Å². The molecule has 0 fully saturated rings. The van der Waals surface area contributed by atoms with Crippen molar-refractivity contribution in [1.29, 1.82) is 0 Å². The number of aliphatic hydroxyl groups excluding tert-OH is 1. The largest absolute Gasteiger partial charge is 0.393 e. The molecule has 1 atom stereocenters. The van der Waals surface area contributed by atoms with Gasteiger partial charge in [-0.3, -0.25) is 4.98 Å². The van der Waals surface area contributed by atoms with Gasteiger partial charge in [0.25, 0.3) is 0 Å². The van der Waals surface area contributed by atoms with Crippen molar-refractivity contribution in [1.82, 2.24) is 4.98 Å². The molecule has 2 rings (SSSR count). The van der Waals surface area contributed by atoms with Crippen LogP contribution in [-0.2, 0) is 12.8 Å². The Kier molecular flexibility index (Phi) is 4.69. The van der Waals surface area contributed by atoms with Crippen molar-refractivity contribution < 1.29 is 5.11 Å². The van der Waals surface area contributed by atoms with Crippen LogP contribution in [0, 0.1) is 13.8 Å². The van der Waals surface area contributed by atoms with Gasteiger partial charge in [0.15, 0.2) is 0 Å². The molecule has 0 spiro atoms. The Morgan fingerprint density at radius 3 is 2.42 bits per heavy atom. The summed E-state index contributed by atoms with van der Waals surface area (Å²) in [6.45, 7) is 4.21. The molecule has 1 unspecified atom stereocenters. The van der Waals surface area contributed by atoms with E-state index in [4.69, 9.17) is 0 Å². The molecule has 1 aromatic heterocycles. The molecule has 0 amide bonds. The number of aliphatic hydroxyl groups is 1. The number of aryl methyl sites for hydroxylation is 3. The third-order valence-corrected chi connectivity index (χ3v) is 3.54. The van der Waals surface area contributed by atoms with Crippen LogP contribution in [0.2, 0.25) is 0 Å². The Morgan fingerprint density at radius 1 is 1.05 bits per heavy atom. The topological polar surface area (TPSA) is 33.1 Å². The smallest absolute Gasteiger partial charge is 0.0584 e. The fraction of sp³-hybridized carbons (Fsp3) is 0.353. The normalized spacial score (nSPS) is 12.4. The second-order valence-electron chi connectivity index (χ2n) is 5.09. The number of benzene rings is 1. The molecular formula is C17H21NO. The van der Waals surface area contributed by atoms with E-state index >= 15 is 0 Å². The predicted molar refractivity (Wildman–Crippen MR) is 78.2 cm³/mol. The van der Waals surface area contributed by atoms with Crippen molar-refractivity contribution in [2.45, 2.75) is 39.2 Å². The fourth-order valence-electron chi connectivity index (χ4n) is 2.37. The summed E-state index contributed by atoms with van der Waals surface area (Å²) in [6.07, 6.45) is 3.80. The summed E-state index contributed by atoms with van der Waals surface area (Å²) in [7, 11) is 0. The minimum Gasteiger partial charge on any atom is -0.393 e. The number of rotatable bonds is 5. The molecule has 2 heteroatoms. The highest BCUT2D eigenvalue weighted by Gasteiger charge is 2.10. The van der Waals surface area contributed by atoms with E-state index in [-0.39, 0.29) is 6.10 Å². The van der Waals surface area contributed by atoms with Crippen LogP contribution in [0.5, 0.6) is 0 Å². The van der Waals surface area contributed by atoms with Crippen molar-refractivity contribution >= 4 is 0 Å². The highest BCUT2D eigenvalue weighted by molar-refractivity contribution is 5.33. The average molecular weight is 255 g/mol. The molecule has 1 heterocycles. The van der Waals surface area contributed by atoms with E-state index in [0.29, 0.717) is 0 Å². The standard InChI is InChI=1S/C17H21NO/c1-13-6-5-7-14(2)17(13)12-16(19)10-9-15-8-3-4-11-18-15/h3-8,11,16,19H,9-10,12H2,1-2H3. The number of hydrogen-bond acceptors (Lipinski definition) is 2. The van der Waals surface area contributed by atoms with Crippen LogP contribution >= 0.6 is 0 Å². The summed E-state index contributed by atoms with van der Waals surface area (Å²) in [5.41, 5.74) is 4.84. The van der Waals surface area contributed by atoms with E-state index in [1.54, 1.807) is 6.20 Å². The Labute approximate surface area is 115 Å². The number of hydrogen-bond donors (Lipinski definition) is 1. The monoisotopic (exact) mass is 255 g/mol. The molecule has 0 bridgehead atoms. The third-order valence-electron chi connectivity index (χ3n) is 3.54. The Morgan fingerprint density at radius 2 is 1.79 bits per heavy atom. The van der Waals surface area contributed by atoms with Gasteiger partial charge >= 0.3 is 0 Å². The summed E-state index contributed by atoms with van der Waals surface area (Å²) in [4.78, 5) is 4.28. The minimum absolute atomic E-state index is 0.304. The maximum absolute atomic E-state index is 10.2. The summed E-state index contributed by atoms with van der Waals surface area (Å²) >= 11 is 0. The first-order chi connectivity index (χ1) is 9.16. The van der Waals surface area contributed by atoms with Crippen molar-refractivity contribution in [2.75, 3.05) is 0 Å². The molecule has 0 aliphatic rings. The zero-order valence-electron chi connectivity index (χ0n) is 11.6. The van der Waals surface area contributed by atoms with Crippen LogP contribution in [0.15, 0.2) is 42.6 Å². The first-order valence-electron chi connectivity index (χ1n) is 6.80. The van der Waals surface area contributed by atoms with Gasteiger partial charge in [0.1, 0.15) is 0 Å². The molecule has 2 aromatic rings. The summed E-state index contributed by atoms with van der Waals surface area (Å²) in [5, 5.41) is 10.2. The van der Waals surface area contributed by atoms with Gasteiger partial charge in [-0.15, -0.1) is 0 Å². The fourth-order valence-corrected chi connectivity index (χ4v) is 2.37. The Hall–Kier alpha value is -1.67. The molecule has 0 saturated heterocycles. The van der Waals surface area contributed by atoms with Crippen molar-refractivity contribution in [2.24, 2.45) is 0 Å². The van der Waals surface area contributed by atoms with E-state index in [9.17, 15) is 5.11 Å². The van der Waals surface area contributed by atoms with Crippen LogP contribution in [0.3, 0.4) is 0 Å². The van der Waals surface area contributed by atoms with Gasteiger partial charge in [-0.25, -0.2) is 0 Å². The summed E-state index contributed by atoms with van der Waals surface area (Å²) < 4.78 is 0. The number of aromatic nitrogens is 1. The zero-order valence-corrected chi connectivity index (χ0v) is 11.6. The van der Waals surface area contributed by atoms with Crippen LogP contribution < -0.4 is 0 Å². The molecule has 0 aliphatic carbocycles. The molecule has 0 saturated carbocycles. The third kappa shape index (κ3) is 3.90. The van der Waals surface area contributed by atoms with Crippen LogP contribution in [0.1, 0.15) is 28.8 Å². The Bertz CT molecular complexity index is 502. The van der Waals surface area contributed by atoms with Crippen molar-refractivity contribution in [3.05, 3.63) is 65.0 Å². The van der Waals surface area contributed by atoms with E-state index in [0.717, 1.165) is 25.0 Å². The summed E-state index contributed by atoms with van der Waals surface area (Å²) in [5.74, 6) is 0. The van der Waals surface area contributed by atoms with E-state index < -0.39 is 0 Å². The number of pyridine rings is 1. The average Bonchev–Trinajstić information content (AvgIpc) is 2.42. The minimum atomic E-state index is -0.304. The first kappa shape index (κ1) is 13.8. The Balaban J connectivity index is 1.93. The van der Waals surface area contributed by atoms with Gasteiger partial charge in [0, 0.05) is 11.9 Å². The second kappa shape index (κ2) is 6.48. The van der Waals surface area contributed by atoms with Gasteiger partial charge in [0.05, 0.1) is 6.10 Å². The summed E-state index contributed by atoms with van der Waals surface area (Å²) in [6, 6.07) is 12.2. The van der Waals surface area contributed by atoms with Crippen molar-refractivity contribution in [3.8, 4) is 0 Å². The van der Waals surface area contributed by atoms with Crippen LogP contribution in [0.25, 0.3) is 0 Å². The van der Waals surface area contributed by atoms with Gasteiger partial charge in [-0.1, -0.05) is 24.3 Å². The SMILES string of the molecule is Cc1cccc(C)c1CC(O)CCc1ccccn1. The molecule has 0 radical (unpaired) electrons. The predicted octanol–water partition coefficient (Wildman–Crippen LogP) is 3.23. The van der Waals surface area contributed by atoms with Gasteiger partial charge in [0.2, 0.25) is 0 Å². The zero-order chi connectivity index (χ0) is 13.7. The molecule has 19 heavy (non-hydrogen) atoms. The van der Waals surface area contributed by atoms with Gasteiger partial charge < -0.3 is 5.11 Å². The number of nitrogens with zero attached hydrogens (tertiary/aromatic N) is 1. The molecule has 100 valence electrons. The van der Waals surface area contributed by atoms with Crippen LogP contribution in [-0.4, -0.2) is 16.2 Å². The lowest BCUT2D eigenvalue weighted by molar-refractivity contribution is 0.164. The van der Waals surface area contributed by atoms with E-state index in [1.165, 1.54) is 16.7 Å². The lowest BCUT2D eigenvalue weighted by atomic mass is 9.95. The van der Waals surface area contributed by atoms with E-state index in [1.807, 2.05) is 18.2 Å². The highest BCUT2D eigenvalue weighted by Crippen LogP contribution is 2.17. The second-order valence-corrected chi connectivity index (χ2v) is 5.09. The lowest BCUT2D eigenvalue weighted by Crippen LogP contribution is -2.13. The van der Waals surface area contributed by atoms with Crippen LogP contribution in [0.4, 0.5) is 0 Å². The molecule has 1 N–H and O–H groups in total. The quantitative estimate of drug-likeness (QED) is 0.889. The molecule has 1 aromatic carbocycles.